The fraction of sp³-hybridized carbons (Fsp3) is 0.929. The lowest BCUT2D eigenvalue weighted by atomic mass is 9.82. The first-order valence-corrected chi connectivity index (χ1v) is 6.84. The standard InChI is InChI=1S/C14H29NO2/c1-4-5-6-7-8-9-12(16)10-14(2,3)11-13(15)17/h12,16H,4-11H2,1-3H3,(H2,15,17). The first-order chi connectivity index (χ1) is 7.87. The highest BCUT2D eigenvalue weighted by Crippen LogP contribution is 2.28. The van der Waals surface area contributed by atoms with Gasteiger partial charge in [-0.2, -0.15) is 0 Å². The van der Waals surface area contributed by atoms with Crippen LogP contribution in [-0.4, -0.2) is 17.1 Å². The van der Waals surface area contributed by atoms with Gasteiger partial charge in [0.05, 0.1) is 6.10 Å². The summed E-state index contributed by atoms with van der Waals surface area (Å²) < 4.78 is 0. The Balaban J connectivity index is 3.69. The van der Waals surface area contributed by atoms with Crippen molar-refractivity contribution in [3.8, 4) is 0 Å². The average molecular weight is 243 g/mol. The highest BCUT2D eigenvalue weighted by Gasteiger charge is 2.24. The average Bonchev–Trinajstić information content (AvgIpc) is 2.14. The van der Waals surface area contributed by atoms with Crippen molar-refractivity contribution < 1.29 is 9.90 Å². The maximum atomic E-state index is 10.9. The van der Waals surface area contributed by atoms with Crippen LogP contribution in [-0.2, 0) is 4.79 Å². The van der Waals surface area contributed by atoms with Gasteiger partial charge in [-0.3, -0.25) is 4.79 Å². The predicted octanol–water partition coefficient (Wildman–Crippen LogP) is 3.00. The normalized spacial score (nSPS) is 13.6. The smallest absolute Gasteiger partial charge is 0.217 e. The summed E-state index contributed by atoms with van der Waals surface area (Å²) in [4.78, 5) is 10.9. The lowest BCUT2D eigenvalue weighted by Crippen LogP contribution is -2.26. The van der Waals surface area contributed by atoms with Crippen LogP contribution >= 0.6 is 0 Å². The van der Waals surface area contributed by atoms with Gasteiger partial charge in [0, 0.05) is 6.42 Å². The Morgan fingerprint density at radius 1 is 1.24 bits per heavy atom. The second-order valence-corrected chi connectivity index (χ2v) is 5.87. The van der Waals surface area contributed by atoms with Crippen LogP contribution in [0.15, 0.2) is 0 Å². The molecular formula is C14H29NO2. The van der Waals surface area contributed by atoms with E-state index in [4.69, 9.17) is 5.73 Å². The van der Waals surface area contributed by atoms with Crippen LogP contribution in [0.25, 0.3) is 0 Å². The largest absolute Gasteiger partial charge is 0.393 e. The van der Waals surface area contributed by atoms with E-state index in [0.717, 1.165) is 12.8 Å². The number of carbonyl (C=O) groups is 1. The minimum Gasteiger partial charge on any atom is -0.393 e. The molecule has 1 amide bonds. The van der Waals surface area contributed by atoms with Gasteiger partial charge in [-0.25, -0.2) is 0 Å². The molecule has 0 saturated carbocycles. The van der Waals surface area contributed by atoms with E-state index < -0.39 is 0 Å². The summed E-state index contributed by atoms with van der Waals surface area (Å²) in [5.41, 5.74) is 5.00. The summed E-state index contributed by atoms with van der Waals surface area (Å²) in [5.74, 6) is -0.287. The monoisotopic (exact) mass is 243 g/mol. The molecule has 3 N–H and O–H groups in total. The second kappa shape index (κ2) is 8.51. The first-order valence-electron chi connectivity index (χ1n) is 6.84. The molecule has 1 atom stereocenters. The van der Waals surface area contributed by atoms with E-state index in [1.165, 1.54) is 25.7 Å². The maximum absolute atomic E-state index is 10.9. The minimum atomic E-state index is -0.300. The van der Waals surface area contributed by atoms with E-state index in [1.54, 1.807) is 0 Å². The number of rotatable bonds is 10. The van der Waals surface area contributed by atoms with Gasteiger partial charge in [-0.05, 0) is 18.3 Å². The van der Waals surface area contributed by atoms with Crippen LogP contribution in [0.5, 0.6) is 0 Å². The number of nitrogens with two attached hydrogens (primary N) is 1. The van der Waals surface area contributed by atoms with Gasteiger partial charge in [-0.15, -0.1) is 0 Å². The highest BCUT2D eigenvalue weighted by atomic mass is 16.3. The van der Waals surface area contributed by atoms with Crippen molar-refractivity contribution in [1.82, 2.24) is 0 Å². The van der Waals surface area contributed by atoms with Crippen molar-refractivity contribution in [3.05, 3.63) is 0 Å². The molecule has 0 aliphatic rings. The summed E-state index contributed by atoms with van der Waals surface area (Å²) in [6.45, 7) is 6.16. The summed E-state index contributed by atoms with van der Waals surface area (Å²) in [5, 5.41) is 9.90. The number of hydrogen-bond donors (Lipinski definition) is 2. The number of aliphatic hydroxyl groups is 1. The number of aliphatic hydroxyl groups excluding tert-OH is 1. The van der Waals surface area contributed by atoms with Crippen molar-refractivity contribution in [1.29, 1.82) is 0 Å². The van der Waals surface area contributed by atoms with Gasteiger partial charge in [0.25, 0.3) is 0 Å². The topological polar surface area (TPSA) is 63.3 Å². The first kappa shape index (κ1) is 16.4. The van der Waals surface area contributed by atoms with E-state index in [-0.39, 0.29) is 17.4 Å². The zero-order chi connectivity index (χ0) is 13.3. The van der Waals surface area contributed by atoms with Gasteiger partial charge >= 0.3 is 0 Å². The molecule has 0 spiro atoms. The van der Waals surface area contributed by atoms with Crippen LogP contribution in [0.4, 0.5) is 0 Å². The summed E-state index contributed by atoms with van der Waals surface area (Å²) >= 11 is 0. The molecule has 0 aliphatic heterocycles. The maximum Gasteiger partial charge on any atom is 0.217 e. The molecule has 0 rings (SSSR count). The summed E-state index contributed by atoms with van der Waals surface area (Å²) in [6, 6.07) is 0. The Morgan fingerprint density at radius 3 is 2.35 bits per heavy atom. The highest BCUT2D eigenvalue weighted by molar-refractivity contribution is 5.74. The molecule has 0 aliphatic carbocycles. The zero-order valence-electron chi connectivity index (χ0n) is 11.7. The molecule has 0 radical (unpaired) electrons. The van der Waals surface area contributed by atoms with E-state index in [9.17, 15) is 9.90 Å². The Hall–Kier alpha value is -0.570. The van der Waals surface area contributed by atoms with Crippen LogP contribution in [0, 0.1) is 5.41 Å². The SMILES string of the molecule is CCCCCCCC(O)CC(C)(C)CC(N)=O. The number of carbonyl (C=O) groups excluding carboxylic acids is 1. The molecule has 0 aromatic heterocycles. The van der Waals surface area contributed by atoms with Crippen LogP contribution < -0.4 is 5.73 Å². The Bertz CT molecular complexity index is 214. The number of amides is 1. The zero-order valence-corrected chi connectivity index (χ0v) is 11.7. The van der Waals surface area contributed by atoms with E-state index in [0.29, 0.717) is 12.8 Å². The Kier molecular flexibility index (Phi) is 8.23. The summed E-state index contributed by atoms with van der Waals surface area (Å²) in [7, 11) is 0. The molecule has 0 aromatic carbocycles. The van der Waals surface area contributed by atoms with Gasteiger partial charge in [0.15, 0.2) is 0 Å². The quantitative estimate of drug-likeness (QED) is 0.579. The molecule has 17 heavy (non-hydrogen) atoms. The lowest BCUT2D eigenvalue weighted by molar-refractivity contribution is -0.120. The van der Waals surface area contributed by atoms with Crippen molar-refractivity contribution >= 4 is 5.91 Å². The molecule has 102 valence electrons. The second-order valence-electron chi connectivity index (χ2n) is 5.87. The molecular weight excluding hydrogens is 214 g/mol. The molecule has 3 nitrogen and oxygen atoms in total. The molecule has 0 aromatic rings. The number of hydrogen-bond acceptors (Lipinski definition) is 2. The van der Waals surface area contributed by atoms with Gasteiger partial charge in [0.2, 0.25) is 5.91 Å². The van der Waals surface area contributed by atoms with E-state index >= 15 is 0 Å². The third kappa shape index (κ3) is 10.3. The Labute approximate surface area is 106 Å². The van der Waals surface area contributed by atoms with Gasteiger partial charge in [-0.1, -0.05) is 52.9 Å². The summed E-state index contributed by atoms with van der Waals surface area (Å²) in [6.07, 6.45) is 7.60. The van der Waals surface area contributed by atoms with E-state index in [2.05, 4.69) is 6.92 Å². The number of unbranched alkanes of at least 4 members (excludes halogenated alkanes) is 4. The van der Waals surface area contributed by atoms with Gasteiger partial charge < -0.3 is 10.8 Å². The molecule has 0 bridgehead atoms. The molecule has 0 fully saturated rings. The lowest BCUT2D eigenvalue weighted by Gasteiger charge is -2.26. The molecule has 1 unspecified atom stereocenters. The van der Waals surface area contributed by atoms with Crippen molar-refractivity contribution in [2.24, 2.45) is 11.1 Å². The fourth-order valence-electron chi connectivity index (χ4n) is 2.27. The minimum absolute atomic E-state index is 0.186. The predicted molar refractivity (Wildman–Crippen MR) is 71.6 cm³/mol. The van der Waals surface area contributed by atoms with E-state index in [1.807, 2.05) is 13.8 Å². The molecule has 0 heterocycles. The molecule has 0 saturated heterocycles. The molecule has 3 heteroatoms. The Morgan fingerprint density at radius 2 is 1.82 bits per heavy atom. The van der Waals surface area contributed by atoms with Crippen molar-refractivity contribution in [2.75, 3.05) is 0 Å². The third-order valence-electron chi connectivity index (χ3n) is 3.08. The third-order valence-corrected chi connectivity index (χ3v) is 3.08. The number of primary amides is 1. The van der Waals surface area contributed by atoms with Crippen LogP contribution in [0.1, 0.15) is 72.1 Å². The van der Waals surface area contributed by atoms with Crippen LogP contribution in [0.2, 0.25) is 0 Å². The fourth-order valence-corrected chi connectivity index (χ4v) is 2.27. The van der Waals surface area contributed by atoms with Crippen LogP contribution in [0.3, 0.4) is 0 Å². The van der Waals surface area contributed by atoms with Crippen molar-refractivity contribution in [3.63, 3.8) is 0 Å². The van der Waals surface area contributed by atoms with Gasteiger partial charge in [0.1, 0.15) is 0 Å². The van der Waals surface area contributed by atoms with Crippen molar-refractivity contribution in [2.45, 2.75) is 78.2 Å².